The summed E-state index contributed by atoms with van der Waals surface area (Å²) in [6.07, 6.45) is 0. The van der Waals surface area contributed by atoms with Crippen LogP contribution in [-0.2, 0) is 6.54 Å². The number of carbonyl (C=O) groups excluding carboxylic acids is 1. The fraction of sp³-hybridized carbons (Fsp3) is 0.214. The Morgan fingerprint density at radius 2 is 2.00 bits per heavy atom. The minimum atomic E-state index is -0.512. The van der Waals surface area contributed by atoms with E-state index < -0.39 is 4.92 Å². The highest BCUT2D eigenvalue weighted by Crippen LogP contribution is 2.30. The summed E-state index contributed by atoms with van der Waals surface area (Å²) in [6, 6.07) is 8.22. The molecule has 0 saturated heterocycles. The molecule has 1 aromatic heterocycles. The fourth-order valence-electron chi connectivity index (χ4n) is 2.02. The van der Waals surface area contributed by atoms with Crippen LogP contribution < -0.4 is 14.8 Å². The minimum absolute atomic E-state index is 0.0514. The Morgan fingerprint density at radius 3 is 2.73 bits per heavy atom. The van der Waals surface area contributed by atoms with E-state index in [0.29, 0.717) is 36.1 Å². The molecule has 7 nitrogen and oxygen atoms in total. The Kier molecular flexibility index (Phi) is 3.92. The number of fused-ring (bicyclic) bond motifs is 1. The third-order valence-corrected chi connectivity index (χ3v) is 4.09. The molecule has 0 saturated carbocycles. The monoisotopic (exact) mass is 320 g/mol. The zero-order valence-corrected chi connectivity index (χ0v) is 12.2. The van der Waals surface area contributed by atoms with E-state index >= 15 is 0 Å². The van der Waals surface area contributed by atoms with Gasteiger partial charge in [0.2, 0.25) is 0 Å². The van der Waals surface area contributed by atoms with Crippen molar-refractivity contribution in [2.75, 3.05) is 13.2 Å². The van der Waals surface area contributed by atoms with Gasteiger partial charge in [-0.2, -0.15) is 0 Å². The normalized spacial score (nSPS) is 12.7. The Labute approximate surface area is 129 Å². The summed E-state index contributed by atoms with van der Waals surface area (Å²) >= 11 is 0.851. The van der Waals surface area contributed by atoms with E-state index in [-0.39, 0.29) is 10.9 Å². The molecule has 2 heterocycles. The number of amides is 1. The molecule has 1 aliphatic rings. The van der Waals surface area contributed by atoms with Crippen LogP contribution in [-0.4, -0.2) is 24.0 Å². The number of benzene rings is 1. The van der Waals surface area contributed by atoms with E-state index in [9.17, 15) is 14.9 Å². The second kappa shape index (κ2) is 6.02. The number of carbonyl (C=O) groups is 1. The van der Waals surface area contributed by atoms with Crippen molar-refractivity contribution in [3.05, 3.63) is 50.9 Å². The first-order valence-electron chi connectivity index (χ1n) is 6.54. The first-order valence-corrected chi connectivity index (χ1v) is 7.36. The van der Waals surface area contributed by atoms with Crippen molar-refractivity contribution in [1.29, 1.82) is 0 Å². The third-order valence-electron chi connectivity index (χ3n) is 3.06. The molecule has 1 N–H and O–H groups in total. The lowest BCUT2D eigenvalue weighted by Crippen LogP contribution is -2.22. The average molecular weight is 320 g/mol. The van der Waals surface area contributed by atoms with Crippen LogP contribution in [0.25, 0.3) is 0 Å². The summed E-state index contributed by atoms with van der Waals surface area (Å²) < 4.78 is 10.9. The Bertz CT molecular complexity index is 728. The third kappa shape index (κ3) is 3.01. The number of rotatable bonds is 4. The zero-order chi connectivity index (χ0) is 15.5. The van der Waals surface area contributed by atoms with Gasteiger partial charge in [-0.1, -0.05) is 17.4 Å². The number of nitrogens with zero attached hydrogens (tertiary/aromatic N) is 1. The van der Waals surface area contributed by atoms with Crippen LogP contribution in [0.4, 0.5) is 5.00 Å². The van der Waals surface area contributed by atoms with Crippen molar-refractivity contribution in [1.82, 2.24) is 5.32 Å². The maximum atomic E-state index is 12.0. The predicted octanol–water partition coefficient (Wildman–Crippen LogP) is 2.36. The van der Waals surface area contributed by atoms with Gasteiger partial charge in [0.1, 0.15) is 13.2 Å². The van der Waals surface area contributed by atoms with Crippen LogP contribution in [0.2, 0.25) is 0 Å². The minimum Gasteiger partial charge on any atom is -0.486 e. The standard InChI is InChI=1S/C14H12N2O5S/c17-14(12-3-4-13(22-12)16(18)19)15-8-9-1-2-10-11(7-9)21-6-5-20-10/h1-4,7H,5-6,8H2,(H,15,17). The van der Waals surface area contributed by atoms with E-state index in [1.165, 1.54) is 12.1 Å². The van der Waals surface area contributed by atoms with Gasteiger partial charge in [0, 0.05) is 12.6 Å². The average Bonchev–Trinajstić information content (AvgIpc) is 3.03. The summed E-state index contributed by atoms with van der Waals surface area (Å²) in [6.45, 7) is 1.34. The largest absolute Gasteiger partial charge is 0.486 e. The van der Waals surface area contributed by atoms with Crippen LogP contribution >= 0.6 is 11.3 Å². The summed E-state index contributed by atoms with van der Waals surface area (Å²) in [5, 5.41) is 13.3. The molecule has 3 rings (SSSR count). The molecule has 8 heteroatoms. The smallest absolute Gasteiger partial charge is 0.324 e. The maximum Gasteiger partial charge on any atom is 0.324 e. The van der Waals surface area contributed by atoms with E-state index in [2.05, 4.69) is 5.32 Å². The van der Waals surface area contributed by atoms with E-state index in [1.54, 1.807) is 6.07 Å². The van der Waals surface area contributed by atoms with Crippen molar-refractivity contribution in [2.24, 2.45) is 0 Å². The van der Waals surface area contributed by atoms with Crippen LogP contribution in [0, 0.1) is 10.1 Å². The molecule has 0 spiro atoms. The summed E-state index contributed by atoms with van der Waals surface area (Å²) in [5.74, 6) is 1.01. The summed E-state index contributed by atoms with van der Waals surface area (Å²) in [4.78, 5) is 22.4. The highest BCUT2D eigenvalue weighted by molar-refractivity contribution is 7.17. The lowest BCUT2D eigenvalue weighted by atomic mass is 10.2. The highest BCUT2D eigenvalue weighted by atomic mass is 32.1. The highest BCUT2D eigenvalue weighted by Gasteiger charge is 2.16. The van der Waals surface area contributed by atoms with Crippen molar-refractivity contribution >= 4 is 22.2 Å². The molecule has 2 aromatic rings. The second-order valence-corrected chi connectivity index (χ2v) is 5.62. The first kappa shape index (κ1) is 14.3. The first-order chi connectivity index (χ1) is 10.6. The predicted molar refractivity (Wildman–Crippen MR) is 79.6 cm³/mol. The molecule has 0 radical (unpaired) electrons. The number of nitrogens with one attached hydrogen (secondary N) is 1. The van der Waals surface area contributed by atoms with Crippen LogP contribution in [0.3, 0.4) is 0 Å². The summed E-state index contributed by atoms with van der Waals surface area (Å²) in [5.41, 5.74) is 0.864. The quantitative estimate of drug-likeness (QED) is 0.690. The molecular weight excluding hydrogens is 308 g/mol. The van der Waals surface area contributed by atoms with Gasteiger partial charge in [0.25, 0.3) is 5.91 Å². The van der Waals surface area contributed by atoms with Crippen molar-refractivity contribution < 1.29 is 19.2 Å². The van der Waals surface area contributed by atoms with Crippen LogP contribution in [0.5, 0.6) is 11.5 Å². The van der Waals surface area contributed by atoms with E-state index in [1.807, 2.05) is 12.1 Å². The van der Waals surface area contributed by atoms with Gasteiger partial charge in [-0.3, -0.25) is 14.9 Å². The molecule has 0 fully saturated rings. The van der Waals surface area contributed by atoms with Crippen LogP contribution in [0.15, 0.2) is 30.3 Å². The Hall–Kier alpha value is -2.61. The van der Waals surface area contributed by atoms with Gasteiger partial charge in [-0.15, -0.1) is 0 Å². The Balaban J connectivity index is 1.64. The number of ether oxygens (including phenoxy) is 2. The molecule has 22 heavy (non-hydrogen) atoms. The maximum absolute atomic E-state index is 12.0. The van der Waals surface area contributed by atoms with Gasteiger partial charge >= 0.3 is 5.00 Å². The molecular formula is C14H12N2O5S. The lowest BCUT2D eigenvalue weighted by molar-refractivity contribution is -0.380. The molecule has 0 bridgehead atoms. The van der Waals surface area contributed by atoms with Gasteiger partial charge in [0.15, 0.2) is 11.5 Å². The lowest BCUT2D eigenvalue weighted by Gasteiger charge is -2.18. The van der Waals surface area contributed by atoms with Crippen molar-refractivity contribution in [3.8, 4) is 11.5 Å². The number of hydrogen-bond donors (Lipinski definition) is 1. The SMILES string of the molecule is O=C(NCc1ccc2c(c1)OCCO2)c1ccc([N+](=O)[O-])s1. The van der Waals surface area contributed by atoms with E-state index in [0.717, 1.165) is 16.9 Å². The molecule has 0 atom stereocenters. The van der Waals surface area contributed by atoms with E-state index in [4.69, 9.17) is 9.47 Å². The van der Waals surface area contributed by atoms with Gasteiger partial charge in [-0.25, -0.2) is 0 Å². The number of thiophene rings is 1. The number of hydrogen-bond acceptors (Lipinski definition) is 6. The fourth-order valence-corrected chi connectivity index (χ4v) is 2.75. The topological polar surface area (TPSA) is 90.7 Å². The van der Waals surface area contributed by atoms with Gasteiger partial charge in [0.05, 0.1) is 9.80 Å². The van der Waals surface area contributed by atoms with Crippen molar-refractivity contribution in [3.63, 3.8) is 0 Å². The second-order valence-electron chi connectivity index (χ2n) is 4.56. The van der Waals surface area contributed by atoms with Gasteiger partial charge in [-0.05, 0) is 23.8 Å². The van der Waals surface area contributed by atoms with Crippen molar-refractivity contribution in [2.45, 2.75) is 6.54 Å². The van der Waals surface area contributed by atoms with Gasteiger partial charge < -0.3 is 14.8 Å². The van der Waals surface area contributed by atoms with Crippen LogP contribution in [0.1, 0.15) is 15.2 Å². The molecule has 114 valence electrons. The summed E-state index contributed by atoms with van der Waals surface area (Å²) in [7, 11) is 0. The molecule has 0 unspecified atom stereocenters. The molecule has 1 amide bonds. The molecule has 1 aromatic carbocycles. The zero-order valence-electron chi connectivity index (χ0n) is 11.4. The molecule has 0 aliphatic carbocycles. The number of nitro groups is 1. The molecule has 1 aliphatic heterocycles. The Morgan fingerprint density at radius 1 is 1.23 bits per heavy atom.